The highest BCUT2D eigenvalue weighted by Crippen LogP contribution is 2.47. The van der Waals surface area contributed by atoms with Crippen LogP contribution in [0.2, 0.25) is 0 Å². The van der Waals surface area contributed by atoms with Crippen molar-refractivity contribution >= 4 is 5.78 Å². The molecule has 0 saturated heterocycles. The van der Waals surface area contributed by atoms with E-state index in [0.29, 0.717) is 12.4 Å². The zero-order valence-electron chi connectivity index (χ0n) is 7.95. The van der Waals surface area contributed by atoms with E-state index in [-0.39, 0.29) is 5.41 Å². The van der Waals surface area contributed by atoms with Gasteiger partial charge in [-0.3, -0.25) is 4.79 Å². The molecule has 14 heavy (non-hydrogen) atoms. The second-order valence-corrected chi connectivity index (χ2v) is 4.25. The molecular formula is C12H12O2. The molecule has 1 aromatic rings. The van der Waals surface area contributed by atoms with Gasteiger partial charge in [0, 0.05) is 0 Å². The second kappa shape index (κ2) is 2.59. The molecule has 1 aromatic carbocycles. The third-order valence-electron chi connectivity index (χ3n) is 3.43. The first-order valence-corrected chi connectivity index (χ1v) is 5.08. The molecule has 2 nitrogen and oxygen atoms in total. The molecule has 0 unspecified atom stereocenters. The van der Waals surface area contributed by atoms with Crippen LogP contribution in [-0.2, 0) is 0 Å². The highest BCUT2D eigenvalue weighted by Gasteiger charge is 2.48. The number of para-hydroxylation sites is 1. The topological polar surface area (TPSA) is 26.3 Å². The summed E-state index contributed by atoms with van der Waals surface area (Å²) in [4.78, 5) is 12.1. The molecule has 1 fully saturated rings. The molecule has 72 valence electrons. The Balaban J connectivity index is 2.07. The lowest BCUT2D eigenvalue weighted by Crippen LogP contribution is -2.46. The Bertz CT molecular complexity index is 391. The summed E-state index contributed by atoms with van der Waals surface area (Å²) >= 11 is 0. The average molecular weight is 188 g/mol. The van der Waals surface area contributed by atoms with E-state index >= 15 is 0 Å². The van der Waals surface area contributed by atoms with E-state index in [1.54, 1.807) is 0 Å². The molecule has 2 heteroatoms. The molecular weight excluding hydrogens is 176 g/mol. The largest absolute Gasteiger partial charge is 0.492 e. The summed E-state index contributed by atoms with van der Waals surface area (Å²) in [5, 5.41) is 0. The average Bonchev–Trinajstić information content (AvgIpc) is 2.16. The normalized spacial score (nSPS) is 22.4. The summed E-state index contributed by atoms with van der Waals surface area (Å²) in [5.41, 5.74) is 0.618. The van der Waals surface area contributed by atoms with Crippen LogP contribution in [0, 0.1) is 5.41 Å². The van der Waals surface area contributed by atoms with Crippen LogP contribution < -0.4 is 4.74 Å². The molecule has 0 amide bonds. The molecule has 1 heterocycles. The molecule has 0 aromatic heterocycles. The maximum absolute atomic E-state index is 12.1. The number of benzene rings is 1. The van der Waals surface area contributed by atoms with Crippen LogP contribution in [-0.4, -0.2) is 12.4 Å². The van der Waals surface area contributed by atoms with Gasteiger partial charge in [-0.2, -0.15) is 0 Å². The van der Waals surface area contributed by atoms with Crippen LogP contribution in [0.25, 0.3) is 0 Å². The first-order chi connectivity index (χ1) is 6.82. The number of carbonyl (C=O) groups excluding carboxylic acids is 1. The predicted molar refractivity (Wildman–Crippen MR) is 52.6 cm³/mol. The number of Topliss-reactive ketones (excluding diaryl/α,β-unsaturated/α-hetero) is 1. The second-order valence-electron chi connectivity index (χ2n) is 4.25. The standard InChI is InChI=1S/C12H12O2/c13-11-9-4-1-2-5-10(9)14-8-12(11)6-3-7-12/h1-2,4-5H,3,6-8H2. The molecule has 0 atom stereocenters. The van der Waals surface area contributed by atoms with Crippen LogP contribution in [0.3, 0.4) is 0 Å². The fourth-order valence-corrected chi connectivity index (χ4v) is 2.32. The lowest BCUT2D eigenvalue weighted by Gasteiger charge is -2.42. The van der Waals surface area contributed by atoms with Crippen molar-refractivity contribution in [2.24, 2.45) is 5.41 Å². The molecule has 1 aliphatic heterocycles. The number of ether oxygens (including phenoxy) is 1. The summed E-state index contributed by atoms with van der Waals surface area (Å²) in [7, 11) is 0. The van der Waals surface area contributed by atoms with Gasteiger partial charge in [-0.15, -0.1) is 0 Å². The van der Waals surface area contributed by atoms with Gasteiger partial charge in [-0.05, 0) is 25.0 Å². The van der Waals surface area contributed by atoms with E-state index in [0.717, 1.165) is 30.6 Å². The van der Waals surface area contributed by atoms with Crippen molar-refractivity contribution in [3.05, 3.63) is 29.8 Å². The smallest absolute Gasteiger partial charge is 0.176 e. The molecule has 0 bridgehead atoms. The van der Waals surface area contributed by atoms with Crippen LogP contribution in [0.15, 0.2) is 24.3 Å². The van der Waals surface area contributed by atoms with Gasteiger partial charge in [0.25, 0.3) is 0 Å². The number of hydrogen-bond acceptors (Lipinski definition) is 2. The minimum absolute atomic E-state index is 0.158. The van der Waals surface area contributed by atoms with E-state index in [1.807, 2.05) is 24.3 Å². The number of rotatable bonds is 0. The molecule has 1 saturated carbocycles. The summed E-state index contributed by atoms with van der Waals surface area (Å²) in [5.74, 6) is 1.06. The fourth-order valence-electron chi connectivity index (χ4n) is 2.32. The van der Waals surface area contributed by atoms with Gasteiger partial charge in [-0.25, -0.2) is 0 Å². The maximum Gasteiger partial charge on any atom is 0.176 e. The van der Waals surface area contributed by atoms with Crippen molar-refractivity contribution in [2.75, 3.05) is 6.61 Å². The number of carbonyl (C=O) groups is 1. The van der Waals surface area contributed by atoms with E-state index in [1.165, 1.54) is 0 Å². The Hall–Kier alpha value is -1.31. The van der Waals surface area contributed by atoms with Crippen LogP contribution in [0.1, 0.15) is 29.6 Å². The molecule has 2 aliphatic rings. The van der Waals surface area contributed by atoms with E-state index in [9.17, 15) is 4.79 Å². The van der Waals surface area contributed by atoms with Gasteiger partial charge in [0.2, 0.25) is 0 Å². The predicted octanol–water partition coefficient (Wildman–Crippen LogP) is 2.43. The van der Waals surface area contributed by atoms with Gasteiger partial charge in [0.1, 0.15) is 12.4 Å². The Labute approximate surface area is 82.9 Å². The van der Waals surface area contributed by atoms with Gasteiger partial charge >= 0.3 is 0 Å². The van der Waals surface area contributed by atoms with Crippen LogP contribution in [0.5, 0.6) is 5.75 Å². The third kappa shape index (κ3) is 0.884. The van der Waals surface area contributed by atoms with Crippen molar-refractivity contribution < 1.29 is 9.53 Å². The number of hydrogen-bond donors (Lipinski definition) is 0. The number of ketones is 1. The Kier molecular flexibility index (Phi) is 1.49. The lowest BCUT2D eigenvalue weighted by molar-refractivity contribution is 0.0323. The Morgan fingerprint density at radius 3 is 2.71 bits per heavy atom. The monoisotopic (exact) mass is 188 g/mol. The third-order valence-corrected chi connectivity index (χ3v) is 3.43. The van der Waals surface area contributed by atoms with Crippen molar-refractivity contribution in [1.29, 1.82) is 0 Å². The van der Waals surface area contributed by atoms with Crippen molar-refractivity contribution in [1.82, 2.24) is 0 Å². The van der Waals surface area contributed by atoms with Crippen molar-refractivity contribution in [3.63, 3.8) is 0 Å². The van der Waals surface area contributed by atoms with E-state index in [2.05, 4.69) is 0 Å². The maximum atomic E-state index is 12.1. The quantitative estimate of drug-likeness (QED) is 0.625. The summed E-state index contributed by atoms with van der Waals surface area (Å²) < 4.78 is 5.63. The molecule has 3 rings (SSSR count). The number of fused-ring (bicyclic) bond motifs is 1. The zero-order valence-corrected chi connectivity index (χ0v) is 7.95. The highest BCUT2D eigenvalue weighted by atomic mass is 16.5. The molecule has 1 spiro atoms. The first kappa shape index (κ1) is 8.04. The highest BCUT2D eigenvalue weighted by molar-refractivity contribution is 6.04. The molecule has 1 aliphatic carbocycles. The van der Waals surface area contributed by atoms with Gasteiger partial charge in [0.05, 0.1) is 11.0 Å². The van der Waals surface area contributed by atoms with Crippen LogP contribution >= 0.6 is 0 Å². The van der Waals surface area contributed by atoms with Gasteiger partial charge in [-0.1, -0.05) is 18.6 Å². The van der Waals surface area contributed by atoms with Gasteiger partial charge < -0.3 is 4.74 Å². The van der Waals surface area contributed by atoms with Crippen molar-refractivity contribution in [2.45, 2.75) is 19.3 Å². The summed E-state index contributed by atoms with van der Waals surface area (Å²) in [6.07, 6.45) is 3.16. The van der Waals surface area contributed by atoms with Crippen LogP contribution in [0.4, 0.5) is 0 Å². The Morgan fingerprint density at radius 2 is 2.00 bits per heavy atom. The minimum atomic E-state index is -0.158. The molecule has 0 radical (unpaired) electrons. The van der Waals surface area contributed by atoms with Gasteiger partial charge in [0.15, 0.2) is 5.78 Å². The van der Waals surface area contributed by atoms with E-state index < -0.39 is 0 Å². The SMILES string of the molecule is O=C1c2ccccc2OCC12CCC2. The zero-order chi connectivity index (χ0) is 9.60. The molecule has 0 N–H and O–H groups in total. The summed E-state index contributed by atoms with van der Waals surface area (Å²) in [6, 6.07) is 7.55. The Morgan fingerprint density at radius 1 is 1.21 bits per heavy atom. The summed E-state index contributed by atoms with van der Waals surface area (Å²) in [6.45, 7) is 0.586. The first-order valence-electron chi connectivity index (χ1n) is 5.08. The van der Waals surface area contributed by atoms with Crippen molar-refractivity contribution in [3.8, 4) is 5.75 Å². The minimum Gasteiger partial charge on any atom is -0.492 e. The lowest BCUT2D eigenvalue weighted by atomic mass is 9.64. The fraction of sp³-hybridized carbons (Fsp3) is 0.417. The van der Waals surface area contributed by atoms with E-state index in [4.69, 9.17) is 4.74 Å².